The van der Waals surface area contributed by atoms with Gasteiger partial charge in [0, 0.05) is 45.3 Å². The molecule has 1 amide bonds. The van der Waals surface area contributed by atoms with Gasteiger partial charge < -0.3 is 15.0 Å². The van der Waals surface area contributed by atoms with Gasteiger partial charge in [0.2, 0.25) is 5.91 Å². The molecule has 0 spiro atoms. The molecule has 5 nitrogen and oxygen atoms in total. The Labute approximate surface area is 150 Å². The van der Waals surface area contributed by atoms with Crippen LogP contribution in [0.25, 0.3) is 0 Å². The van der Waals surface area contributed by atoms with Crippen molar-refractivity contribution in [1.29, 1.82) is 0 Å². The topological polar surface area (TPSA) is 44.8 Å². The first-order valence-corrected chi connectivity index (χ1v) is 8.56. The molecule has 0 bridgehead atoms. The largest absolute Gasteiger partial charge is 0.497 e. The predicted octanol–water partition coefficient (Wildman–Crippen LogP) is 1.73. The van der Waals surface area contributed by atoms with E-state index in [1.54, 1.807) is 7.11 Å². The summed E-state index contributed by atoms with van der Waals surface area (Å²) in [7, 11) is 1.66. The molecular formula is C18H28ClN3O2. The summed E-state index contributed by atoms with van der Waals surface area (Å²) in [6.07, 6.45) is 1.10. The molecule has 2 atom stereocenters. The number of piperazine rings is 1. The number of carbonyl (C=O) groups is 1. The SMILES string of the molecule is COc1ccc(C(C)C(=O)N2CCC(N3CCNCC3)C2)cc1.Cl. The third-order valence-electron chi connectivity index (χ3n) is 5.13. The number of benzene rings is 1. The van der Waals surface area contributed by atoms with Crippen molar-refractivity contribution in [3.63, 3.8) is 0 Å². The van der Waals surface area contributed by atoms with E-state index in [1.165, 1.54) is 0 Å². The van der Waals surface area contributed by atoms with Crippen LogP contribution >= 0.6 is 12.4 Å². The minimum atomic E-state index is -0.0947. The number of nitrogens with one attached hydrogen (secondary N) is 1. The average molecular weight is 354 g/mol. The minimum Gasteiger partial charge on any atom is -0.497 e. The van der Waals surface area contributed by atoms with Crippen LogP contribution in [0.15, 0.2) is 24.3 Å². The molecule has 24 heavy (non-hydrogen) atoms. The second-order valence-electron chi connectivity index (χ2n) is 6.51. The third-order valence-corrected chi connectivity index (χ3v) is 5.13. The molecule has 0 aromatic heterocycles. The average Bonchev–Trinajstić information content (AvgIpc) is 3.11. The zero-order valence-corrected chi connectivity index (χ0v) is 15.3. The van der Waals surface area contributed by atoms with Gasteiger partial charge in [-0.15, -0.1) is 12.4 Å². The van der Waals surface area contributed by atoms with Crippen LogP contribution in [-0.2, 0) is 4.79 Å². The van der Waals surface area contributed by atoms with Crippen molar-refractivity contribution in [3.8, 4) is 5.75 Å². The number of amides is 1. The molecule has 6 heteroatoms. The zero-order valence-electron chi connectivity index (χ0n) is 14.5. The van der Waals surface area contributed by atoms with Gasteiger partial charge in [0.25, 0.3) is 0 Å². The molecule has 2 aliphatic heterocycles. The van der Waals surface area contributed by atoms with E-state index >= 15 is 0 Å². The van der Waals surface area contributed by atoms with Crippen LogP contribution in [0.5, 0.6) is 5.75 Å². The normalized spacial score (nSPS) is 22.8. The van der Waals surface area contributed by atoms with E-state index in [4.69, 9.17) is 4.74 Å². The Morgan fingerprint density at radius 3 is 2.50 bits per heavy atom. The van der Waals surface area contributed by atoms with Crippen molar-refractivity contribution < 1.29 is 9.53 Å². The zero-order chi connectivity index (χ0) is 16.2. The maximum Gasteiger partial charge on any atom is 0.229 e. The lowest BCUT2D eigenvalue weighted by atomic mass is 10.00. The first kappa shape index (κ1) is 19.0. The van der Waals surface area contributed by atoms with Gasteiger partial charge in [-0.25, -0.2) is 0 Å². The number of methoxy groups -OCH3 is 1. The number of hydrogen-bond donors (Lipinski definition) is 1. The van der Waals surface area contributed by atoms with Crippen LogP contribution in [0, 0.1) is 0 Å². The summed E-state index contributed by atoms with van der Waals surface area (Å²) in [4.78, 5) is 17.4. The fourth-order valence-corrected chi connectivity index (χ4v) is 3.60. The van der Waals surface area contributed by atoms with Gasteiger partial charge >= 0.3 is 0 Å². The van der Waals surface area contributed by atoms with Crippen LogP contribution in [0.1, 0.15) is 24.8 Å². The van der Waals surface area contributed by atoms with E-state index < -0.39 is 0 Å². The van der Waals surface area contributed by atoms with Crippen LogP contribution in [0.2, 0.25) is 0 Å². The Morgan fingerprint density at radius 1 is 1.21 bits per heavy atom. The molecule has 2 saturated heterocycles. The van der Waals surface area contributed by atoms with Crippen molar-refractivity contribution in [1.82, 2.24) is 15.1 Å². The van der Waals surface area contributed by atoms with E-state index in [9.17, 15) is 4.79 Å². The number of nitrogens with zero attached hydrogens (tertiary/aromatic N) is 2. The quantitative estimate of drug-likeness (QED) is 0.895. The minimum absolute atomic E-state index is 0. The van der Waals surface area contributed by atoms with E-state index in [1.807, 2.05) is 36.1 Å². The molecule has 1 aromatic rings. The summed E-state index contributed by atoms with van der Waals surface area (Å²) < 4.78 is 5.18. The van der Waals surface area contributed by atoms with Gasteiger partial charge in [0.15, 0.2) is 0 Å². The summed E-state index contributed by atoms with van der Waals surface area (Å²) in [6.45, 7) is 8.08. The fraction of sp³-hybridized carbons (Fsp3) is 0.611. The molecule has 1 aromatic carbocycles. The highest BCUT2D eigenvalue weighted by atomic mass is 35.5. The highest BCUT2D eigenvalue weighted by molar-refractivity contribution is 5.85. The van der Waals surface area contributed by atoms with Crippen LogP contribution in [0.3, 0.4) is 0 Å². The van der Waals surface area contributed by atoms with Gasteiger partial charge in [-0.3, -0.25) is 9.69 Å². The van der Waals surface area contributed by atoms with Crippen LogP contribution in [-0.4, -0.2) is 68.1 Å². The van der Waals surface area contributed by atoms with E-state index in [0.717, 1.165) is 57.0 Å². The Bertz CT molecular complexity index is 532. The Hall–Kier alpha value is -1.30. The smallest absolute Gasteiger partial charge is 0.229 e. The molecule has 0 aliphatic carbocycles. The van der Waals surface area contributed by atoms with Crippen molar-refractivity contribution in [2.45, 2.75) is 25.3 Å². The first-order valence-electron chi connectivity index (χ1n) is 8.56. The second-order valence-corrected chi connectivity index (χ2v) is 6.51. The number of carbonyl (C=O) groups excluding carboxylic acids is 1. The molecule has 2 fully saturated rings. The van der Waals surface area contributed by atoms with Gasteiger partial charge in [-0.05, 0) is 31.0 Å². The van der Waals surface area contributed by atoms with Gasteiger partial charge in [0.05, 0.1) is 13.0 Å². The maximum absolute atomic E-state index is 12.8. The Morgan fingerprint density at radius 2 is 1.88 bits per heavy atom. The first-order chi connectivity index (χ1) is 11.2. The number of ether oxygens (including phenoxy) is 1. The molecular weight excluding hydrogens is 326 g/mol. The van der Waals surface area contributed by atoms with Crippen molar-refractivity contribution >= 4 is 18.3 Å². The van der Waals surface area contributed by atoms with Gasteiger partial charge in [-0.1, -0.05) is 12.1 Å². The highest BCUT2D eigenvalue weighted by Gasteiger charge is 2.32. The van der Waals surface area contributed by atoms with Crippen LogP contribution < -0.4 is 10.1 Å². The van der Waals surface area contributed by atoms with E-state index in [2.05, 4.69) is 10.2 Å². The molecule has 0 saturated carbocycles. The van der Waals surface area contributed by atoms with Gasteiger partial charge in [0.1, 0.15) is 5.75 Å². The number of hydrogen-bond acceptors (Lipinski definition) is 4. The maximum atomic E-state index is 12.8. The highest BCUT2D eigenvalue weighted by Crippen LogP contribution is 2.24. The fourth-order valence-electron chi connectivity index (χ4n) is 3.60. The molecule has 1 N–H and O–H groups in total. The number of rotatable bonds is 4. The third kappa shape index (κ3) is 4.21. The lowest BCUT2D eigenvalue weighted by molar-refractivity contribution is -0.131. The number of likely N-dealkylation sites (tertiary alicyclic amines) is 1. The second kappa shape index (κ2) is 8.70. The lowest BCUT2D eigenvalue weighted by Crippen LogP contribution is -2.49. The van der Waals surface area contributed by atoms with Crippen molar-refractivity contribution in [2.75, 3.05) is 46.4 Å². The number of halogens is 1. The van der Waals surface area contributed by atoms with Gasteiger partial charge in [-0.2, -0.15) is 0 Å². The lowest BCUT2D eigenvalue weighted by Gasteiger charge is -2.32. The molecule has 2 aliphatic rings. The molecule has 2 unspecified atom stereocenters. The predicted molar refractivity (Wildman–Crippen MR) is 98.1 cm³/mol. The van der Waals surface area contributed by atoms with Crippen molar-refractivity contribution in [2.24, 2.45) is 0 Å². The molecule has 0 radical (unpaired) electrons. The summed E-state index contributed by atoms with van der Waals surface area (Å²) >= 11 is 0. The molecule has 3 rings (SSSR count). The molecule has 134 valence electrons. The Kier molecular flexibility index (Phi) is 6.90. The van der Waals surface area contributed by atoms with Crippen LogP contribution in [0.4, 0.5) is 0 Å². The van der Waals surface area contributed by atoms with Crippen molar-refractivity contribution in [3.05, 3.63) is 29.8 Å². The Balaban J connectivity index is 0.00000208. The summed E-state index contributed by atoms with van der Waals surface area (Å²) in [5, 5.41) is 3.39. The summed E-state index contributed by atoms with van der Waals surface area (Å²) in [6, 6.07) is 8.36. The monoisotopic (exact) mass is 353 g/mol. The molecule has 2 heterocycles. The van der Waals surface area contributed by atoms with E-state index in [0.29, 0.717) is 6.04 Å². The standard InChI is InChI=1S/C18H27N3O2.ClH/c1-14(15-3-5-17(23-2)6-4-15)18(22)21-10-7-16(13-21)20-11-8-19-9-12-20;/h3-6,14,16,19H,7-13H2,1-2H3;1H. The van der Waals surface area contributed by atoms with E-state index in [-0.39, 0.29) is 24.2 Å². The summed E-state index contributed by atoms with van der Waals surface area (Å²) in [5.74, 6) is 0.976. The summed E-state index contributed by atoms with van der Waals surface area (Å²) in [5.41, 5.74) is 1.06.